The van der Waals surface area contributed by atoms with Crippen molar-refractivity contribution in [2.75, 3.05) is 19.8 Å². The number of alkyl carbamates (subject to hydrolysis) is 1. The van der Waals surface area contributed by atoms with Gasteiger partial charge in [-0.3, -0.25) is 0 Å². The third-order valence-electron chi connectivity index (χ3n) is 3.29. The number of hydrogen-bond acceptors (Lipinski definition) is 4. The predicted octanol–water partition coefficient (Wildman–Crippen LogP) is 2.30. The fourth-order valence-corrected chi connectivity index (χ4v) is 2.11. The molecule has 1 amide bonds. The quantitative estimate of drug-likeness (QED) is 0.814. The average Bonchev–Trinajstić information content (AvgIpc) is 2.33. The van der Waals surface area contributed by atoms with Crippen LogP contribution < -0.4 is 10.6 Å². The molecule has 1 heterocycles. The van der Waals surface area contributed by atoms with E-state index in [0.717, 1.165) is 32.6 Å². The van der Waals surface area contributed by atoms with Crippen molar-refractivity contribution >= 4 is 6.09 Å². The van der Waals surface area contributed by atoms with E-state index >= 15 is 0 Å². The monoisotopic (exact) mass is 286 g/mol. The standard InChI is InChI=1S/C15H30N2O3/c1-11(2)13(17-14(18)20-15(3,4)5)9-16-12-7-6-8-19-10-12/h11-13,16H,6-10H2,1-5H3,(H,17,18). The van der Waals surface area contributed by atoms with Gasteiger partial charge in [-0.25, -0.2) is 4.79 Å². The maximum absolute atomic E-state index is 11.8. The van der Waals surface area contributed by atoms with E-state index in [1.165, 1.54) is 0 Å². The first kappa shape index (κ1) is 17.2. The molecule has 0 radical (unpaired) electrons. The van der Waals surface area contributed by atoms with E-state index in [0.29, 0.717) is 12.0 Å². The van der Waals surface area contributed by atoms with E-state index < -0.39 is 5.60 Å². The lowest BCUT2D eigenvalue weighted by Gasteiger charge is -2.29. The Kier molecular flexibility index (Phi) is 6.76. The Morgan fingerprint density at radius 2 is 2.10 bits per heavy atom. The second kappa shape index (κ2) is 7.84. The molecule has 0 aromatic heterocycles. The van der Waals surface area contributed by atoms with Crippen LogP contribution in [0, 0.1) is 5.92 Å². The van der Waals surface area contributed by atoms with Gasteiger partial charge in [-0.2, -0.15) is 0 Å². The van der Waals surface area contributed by atoms with Gasteiger partial charge in [0.05, 0.1) is 6.61 Å². The van der Waals surface area contributed by atoms with E-state index in [1.54, 1.807) is 0 Å². The second-order valence-electron chi connectivity index (χ2n) is 6.82. The summed E-state index contributed by atoms with van der Waals surface area (Å²) in [7, 11) is 0. The minimum absolute atomic E-state index is 0.0618. The third kappa shape index (κ3) is 7.10. The fraction of sp³-hybridized carbons (Fsp3) is 0.933. The Morgan fingerprint density at radius 3 is 2.60 bits per heavy atom. The molecule has 2 N–H and O–H groups in total. The number of hydrogen-bond donors (Lipinski definition) is 2. The number of nitrogens with one attached hydrogen (secondary N) is 2. The van der Waals surface area contributed by atoms with Crippen LogP contribution in [0.15, 0.2) is 0 Å². The van der Waals surface area contributed by atoms with Gasteiger partial charge in [0.1, 0.15) is 5.60 Å². The smallest absolute Gasteiger partial charge is 0.407 e. The summed E-state index contributed by atoms with van der Waals surface area (Å²) in [4.78, 5) is 11.8. The van der Waals surface area contributed by atoms with Crippen LogP contribution in [0.2, 0.25) is 0 Å². The van der Waals surface area contributed by atoms with Crippen molar-refractivity contribution in [2.24, 2.45) is 5.92 Å². The van der Waals surface area contributed by atoms with E-state index in [4.69, 9.17) is 9.47 Å². The molecule has 20 heavy (non-hydrogen) atoms. The molecule has 1 aliphatic heterocycles. The fourth-order valence-electron chi connectivity index (χ4n) is 2.11. The van der Waals surface area contributed by atoms with Gasteiger partial charge >= 0.3 is 6.09 Å². The molecule has 1 fully saturated rings. The van der Waals surface area contributed by atoms with Crippen LogP contribution >= 0.6 is 0 Å². The summed E-state index contributed by atoms with van der Waals surface area (Å²) in [6, 6.07) is 0.456. The second-order valence-corrected chi connectivity index (χ2v) is 6.82. The summed E-state index contributed by atoms with van der Waals surface area (Å²) in [5.41, 5.74) is -0.462. The first-order valence-electron chi connectivity index (χ1n) is 7.58. The molecule has 1 rings (SSSR count). The van der Waals surface area contributed by atoms with Crippen molar-refractivity contribution in [1.29, 1.82) is 0 Å². The third-order valence-corrected chi connectivity index (χ3v) is 3.29. The highest BCUT2D eigenvalue weighted by molar-refractivity contribution is 5.68. The topological polar surface area (TPSA) is 59.6 Å². The molecule has 1 aliphatic rings. The largest absolute Gasteiger partial charge is 0.444 e. The highest BCUT2D eigenvalue weighted by Crippen LogP contribution is 2.10. The molecule has 5 nitrogen and oxygen atoms in total. The molecule has 5 heteroatoms. The number of carbonyl (C=O) groups excluding carboxylic acids is 1. The minimum atomic E-state index is -0.462. The molecule has 2 unspecified atom stereocenters. The summed E-state index contributed by atoms with van der Waals surface area (Å²) >= 11 is 0. The highest BCUT2D eigenvalue weighted by Gasteiger charge is 2.22. The molecule has 0 bridgehead atoms. The molecule has 0 aliphatic carbocycles. The van der Waals surface area contributed by atoms with Gasteiger partial charge in [-0.05, 0) is 39.5 Å². The van der Waals surface area contributed by atoms with Crippen molar-refractivity contribution < 1.29 is 14.3 Å². The minimum Gasteiger partial charge on any atom is -0.444 e. The van der Waals surface area contributed by atoms with Crippen molar-refractivity contribution in [3.63, 3.8) is 0 Å². The maximum Gasteiger partial charge on any atom is 0.407 e. The van der Waals surface area contributed by atoms with Crippen molar-refractivity contribution in [2.45, 2.75) is 65.1 Å². The predicted molar refractivity (Wildman–Crippen MR) is 79.8 cm³/mol. The van der Waals surface area contributed by atoms with E-state index in [1.807, 2.05) is 20.8 Å². The molecular formula is C15H30N2O3. The summed E-state index contributed by atoms with van der Waals surface area (Å²) in [6.07, 6.45) is 1.89. The van der Waals surface area contributed by atoms with Crippen molar-refractivity contribution in [3.8, 4) is 0 Å². The maximum atomic E-state index is 11.8. The molecule has 0 aromatic rings. The van der Waals surface area contributed by atoms with Crippen LogP contribution in [0.25, 0.3) is 0 Å². The van der Waals surface area contributed by atoms with Gasteiger partial charge < -0.3 is 20.1 Å². The molecule has 0 saturated carbocycles. The van der Waals surface area contributed by atoms with Crippen LogP contribution in [0.1, 0.15) is 47.5 Å². The van der Waals surface area contributed by atoms with Gasteiger partial charge in [0.25, 0.3) is 0 Å². The average molecular weight is 286 g/mol. The SMILES string of the molecule is CC(C)C(CNC1CCCOC1)NC(=O)OC(C)(C)C. The lowest BCUT2D eigenvalue weighted by Crippen LogP contribution is -2.50. The number of amides is 1. The van der Waals surface area contributed by atoms with E-state index in [-0.39, 0.29) is 12.1 Å². The summed E-state index contributed by atoms with van der Waals surface area (Å²) < 4.78 is 10.8. The lowest BCUT2D eigenvalue weighted by molar-refractivity contribution is 0.0477. The van der Waals surface area contributed by atoms with Gasteiger partial charge in [0.2, 0.25) is 0 Å². The van der Waals surface area contributed by atoms with Crippen LogP contribution in [0.4, 0.5) is 4.79 Å². The van der Waals surface area contributed by atoms with Crippen LogP contribution in [0.3, 0.4) is 0 Å². The van der Waals surface area contributed by atoms with Gasteiger partial charge in [0, 0.05) is 25.2 Å². The summed E-state index contributed by atoms with van der Waals surface area (Å²) in [6.45, 7) is 12.2. The highest BCUT2D eigenvalue weighted by atomic mass is 16.6. The Morgan fingerprint density at radius 1 is 1.40 bits per heavy atom. The summed E-state index contributed by atoms with van der Waals surface area (Å²) in [5, 5.41) is 6.42. The summed E-state index contributed by atoms with van der Waals surface area (Å²) in [5.74, 6) is 0.347. The Bertz CT molecular complexity index is 294. The first-order chi connectivity index (χ1) is 9.28. The molecule has 0 spiro atoms. The van der Waals surface area contributed by atoms with Crippen LogP contribution in [-0.4, -0.2) is 43.5 Å². The van der Waals surface area contributed by atoms with Crippen molar-refractivity contribution in [1.82, 2.24) is 10.6 Å². The first-order valence-corrected chi connectivity index (χ1v) is 7.58. The molecule has 118 valence electrons. The molecule has 1 saturated heterocycles. The molecule has 2 atom stereocenters. The van der Waals surface area contributed by atoms with Crippen LogP contribution in [0.5, 0.6) is 0 Å². The number of carbonyl (C=O) groups is 1. The Hall–Kier alpha value is -0.810. The lowest BCUT2D eigenvalue weighted by atomic mass is 10.0. The Balaban J connectivity index is 2.37. The van der Waals surface area contributed by atoms with Gasteiger partial charge in [0.15, 0.2) is 0 Å². The normalized spacial score (nSPS) is 21.6. The van der Waals surface area contributed by atoms with E-state index in [9.17, 15) is 4.79 Å². The van der Waals surface area contributed by atoms with Crippen molar-refractivity contribution in [3.05, 3.63) is 0 Å². The zero-order valence-electron chi connectivity index (χ0n) is 13.5. The van der Waals surface area contributed by atoms with Crippen LogP contribution in [-0.2, 0) is 9.47 Å². The number of ether oxygens (including phenoxy) is 2. The van der Waals surface area contributed by atoms with Gasteiger partial charge in [-0.1, -0.05) is 13.8 Å². The van der Waals surface area contributed by atoms with Gasteiger partial charge in [-0.15, -0.1) is 0 Å². The Labute approximate surface area is 122 Å². The zero-order chi connectivity index (χ0) is 15.2. The molecular weight excluding hydrogens is 256 g/mol. The number of rotatable bonds is 5. The zero-order valence-corrected chi connectivity index (χ0v) is 13.5. The molecule has 0 aromatic carbocycles. The van der Waals surface area contributed by atoms with E-state index in [2.05, 4.69) is 24.5 Å².